The lowest BCUT2D eigenvalue weighted by molar-refractivity contribution is -0.384. The number of carbonyl (C=O) groups is 3. The van der Waals surface area contributed by atoms with Gasteiger partial charge in [-0.3, -0.25) is 15.0 Å². The van der Waals surface area contributed by atoms with Crippen LogP contribution in [0.5, 0.6) is 0 Å². The van der Waals surface area contributed by atoms with Crippen LogP contribution in [0.3, 0.4) is 0 Å². The normalized spacial score (nSPS) is 18.6. The molecule has 2 atom stereocenters. The molecule has 0 saturated carbocycles. The van der Waals surface area contributed by atoms with Gasteiger partial charge in [0.05, 0.1) is 42.4 Å². The predicted molar refractivity (Wildman–Crippen MR) is 143 cm³/mol. The molecule has 1 saturated heterocycles. The number of hydrogen-bond acceptors (Lipinski definition) is 11. The Hall–Kier alpha value is -3.97. The molecule has 13 nitrogen and oxygen atoms in total. The van der Waals surface area contributed by atoms with Gasteiger partial charge in [-0.15, -0.1) is 0 Å². The average Bonchev–Trinajstić information content (AvgIpc) is 2.92. The van der Waals surface area contributed by atoms with Crippen LogP contribution in [-0.4, -0.2) is 80.5 Å². The van der Waals surface area contributed by atoms with E-state index < -0.39 is 34.9 Å². The number of rotatable bonds is 10. The van der Waals surface area contributed by atoms with Crippen molar-refractivity contribution in [2.45, 2.75) is 39.7 Å². The summed E-state index contributed by atoms with van der Waals surface area (Å²) in [5.41, 5.74) is 1.13. The summed E-state index contributed by atoms with van der Waals surface area (Å²) in [5.74, 6) is -2.57. The van der Waals surface area contributed by atoms with Gasteiger partial charge in [0.25, 0.3) is 5.69 Å². The van der Waals surface area contributed by atoms with Gasteiger partial charge in [-0.25, -0.2) is 14.4 Å². The molecule has 0 radical (unpaired) electrons. The number of dihydropyridines is 1. The highest BCUT2D eigenvalue weighted by Crippen LogP contribution is 2.40. The summed E-state index contributed by atoms with van der Waals surface area (Å²) < 4.78 is 21.4. The zero-order valence-electron chi connectivity index (χ0n) is 23.4. The second kappa shape index (κ2) is 13.9. The van der Waals surface area contributed by atoms with Crippen LogP contribution in [-0.2, 0) is 28.5 Å². The first-order chi connectivity index (χ1) is 19.0. The van der Waals surface area contributed by atoms with E-state index in [0.29, 0.717) is 36.7 Å². The molecule has 2 N–H and O–H groups in total. The number of nitro groups is 1. The first kappa shape index (κ1) is 30.6. The molecule has 2 aliphatic heterocycles. The van der Waals surface area contributed by atoms with E-state index in [9.17, 15) is 24.5 Å². The third kappa shape index (κ3) is 7.57. The van der Waals surface area contributed by atoms with Crippen LogP contribution in [0.4, 0.5) is 10.5 Å². The van der Waals surface area contributed by atoms with Crippen molar-refractivity contribution < 1.29 is 38.3 Å². The van der Waals surface area contributed by atoms with Crippen molar-refractivity contribution in [1.82, 2.24) is 15.5 Å². The molecule has 2 heterocycles. The zero-order chi connectivity index (χ0) is 29.4. The Morgan fingerprint density at radius 1 is 1.20 bits per heavy atom. The summed E-state index contributed by atoms with van der Waals surface area (Å²) >= 11 is 0. The van der Waals surface area contributed by atoms with Crippen LogP contribution < -0.4 is 10.6 Å². The third-order valence-electron chi connectivity index (χ3n) is 6.67. The number of methoxy groups -OCH3 is 1. The van der Waals surface area contributed by atoms with Gasteiger partial charge >= 0.3 is 18.0 Å². The van der Waals surface area contributed by atoms with Gasteiger partial charge in [-0.1, -0.05) is 26.0 Å². The fourth-order valence-corrected chi connectivity index (χ4v) is 4.57. The number of carbonyl (C=O) groups excluding carboxylic acids is 3. The minimum atomic E-state index is -0.997. The van der Waals surface area contributed by atoms with Crippen molar-refractivity contribution in [1.29, 1.82) is 0 Å². The maximum absolute atomic E-state index is 13.1. The van der Waals surface area contributed by atoms with Gasteiger partial charge in [-0.2, -0.15) is 0 Å². The van der Waals surface area contributed by atoms with Crippen molar-refractivity contribution in [3.05, 3.63) is 62.7 Å². The van der Waals surface area contributed by atoms with E-state index in [-0.39, 0.29) is 29.5 Å². The highest BCUT2D eigenvalue weighted by atomic mass is 16.6. The van der Waals surface area contributed by atoms with Crippen LogP contribution >= 0.6 is 0 Å². The monoisotopic (exact) mass is 560 g/mol. The van der Waals surface area contributed by atoms with Crippen molar-refractivity contribution in [2.75, 3.05) is 46.6 Å². The Balaban J connectivity index is 1.80. The van der Waals surface area contributed by atoms with Gasteiger partial charge in [0.1, 0.15) is 18.4 Å². The van der Waals surface area contributed by atoms with Gasteiger partial charge in [-0.05, 0) is 25.3 Å². The third-order valence-corrected chi connectivity index (χ3v) is 6.67. The molecule has 1 aromatic rings. The Bertz CT molecular complexity index is 1190. The molecule has 0 unspecified atom stereocenters. The number of nitrogens with zero attached hydrogens (tertiary/aromatic N) is 2. The Kier molecular flexibility index (Phi) is 10.6. The topological polar surface area (TPSA) is 159 Å². The minimum Gasteiger partial charge on any atom is -0.466 e. The first-order valence-electron chi connectivity index (χ1n) is 13.0. The molecular formula is C27H36N4O9. The van der Waals surface area contributed by atoms with E-state index in [4.69, 9.17) is 18.9 Å². The van der Waals surface area contributed by atoms with E-state index in [1.165, 1.54) is 25.3 Å². The van der Waals surface area contributed by atoms with Crippen molar-refractivity contribution in [2.24, 2.45) is 5.92 Å². The lowest BCUT2D eigenvalue weighted by atomic mass is 9.85. The molecule has 0 aliphatic carbocycles. The number of esters is 2. The van der Waals surface area contributed by atoms with Crippen LogP contribution in [0.15, 0.2) is 47.0 Å². The number of morpholine rings is 1. The average molecular weight is 561 g/mol. The molecule has 40 heavy (non-hydrogen) atoms. The SMILES string of the molecule is COC(=O)C1=C(C)NC(C)=C(OC(=O)N[C@H](C(=O)OCCN2CCOCC2)C(C)C)[C@H]1c1cccc([N+](=O)[O-])c1. The molecule has 0 bridgehead atoms. The second-order valence-electron chi connectivity index (χ2n) is 9.81. The number of nitro benzene ring substituents is 1. The van der Waals surface area contributed by atoms with Crippen molar-refractivity contribution in [3.8, 4) is 0 Å². The Labute approximate surface area is 232 Å². The summed E-state index contributed by atoms with van der Waals surface area (Å²) in [6.45, 7) is 10.3. The fraction of sp³-hybridized carbons (Fsp3) is 0.519. The number of alkyl carbamates (subject to hydrolysis) is 1. The van der Waals surface area contributed by atoms with E-state index in [1.807, 2.05) is 0 Å². The quantitative estimate of drug-likeness (QED) is 0.187. The van der Waals surface area contributed by atoms with Gasteiger partial charge in [0, 0.05) is 37.5 Å². The largest absolute Gasteiger partial charge is 0.466 e. The number of ether oxygens (including phenoxy) is 4. The highest BCUT2D eigenvalue weighted by molar-refractivity contribution is 5.92. The molecule has 13 heteroatoms. The number of hydrogen-bond donors (Lipinski definition) is 2. The lowest BCUT2D eigenvalue weighted by Gasteiger charge is -2.31. The number of nitrogens with one attached hydrogen (secondary N) is 2. The van der Waals surface area contributed by atoms with Crippen molar-refractivity contribution in [3.63, 3.8) is 0 Å². The number of allylic oxidation sites excluding steroid dienone is 3. The number of non-ortho nitro benzene ring substituents is 1. The molecule has 1 aromatic carbocycles. The number of amides is 1. The Morgan fingerprint density at radius 2 is 1.90 bits per heavy atom. The second-order valence-corrected chi connectivity index (χ2v) is 9.81. The summed E-state index contributed by atoms with van der Waals surface area (Å²) in [5, 5.41) is 17.0. The molecule has 0 aromatic heterocycles. The van der Waals surface area contributed by atoms with Crippen LogP contribution in [0, 0.1) is 16.0 Å². The molecule has 218 valence electrons. The summed E-state index contributed by atoms with van der Waals surface area (Å²) in [7, 11) is 1.21. The van der Waals surface area contributed by atoms with Gasteiger partial charge in [0.2, 0.25) is 0 Å². The van der Waals surface area contributed by atoms with E-state index in [1.54, 1.807) is 33.8 Å². The van der Waals surface area contributed by atoms with Gasteiger partial charge < -0.3 is 29.6 Å². The number of benzene rings is 1. The Morgan fingerprint density at radius 3 is 2.52 bits per heavy atom. The van der Waals surface area contributed by atoms with Crippen LogP contribution in [0.1, 0.15) is 39.2 Å². The highest BCUT2D eigenvalue weighted by Gasteiger charge is 2.37. The van der Waals surface area contributed by atoms with Gasteiger partial charge in [0.15, 0.2) is 0 Å². The van der Waals surface area contributed by atoms with E-state index in [0.717, 1.165) is 13.1 Å². The standard InChI is InChI=1S/C27H36N4O9/c1-16(2)23(26(33)39-14-11-30-9-12-38-13-10-30)29-27(34)40-24-18(4)28-17(3)21(25(32)37-5)22(24)19-7-6-8-20(15-19)31(35)36/h6-8,15-16,22-23,28H,9-14H2,1-5H3,(H,29,34)/t22-,23-/m0/s1. The molecular weight excluding hydrogens is 524 g/mol. The van der Waals surface area contributed by atoms with Crippen LogP contribution in [0.2, 0.25) is 0 Å². The molecule has 2 aliphatic rings. The molecule has 3 rings (SSSR count). The summed E-state index contributed by atoms with van der Waals surface area (Å²) in [4.78, 5) is 51.7. The predicted octanol–water partition coefficient (Wildman–Crippen LogP) is 2.59. The van der Waals surface area contributed by atoms with Crippen LogP contribution in [0.25, 0.3) is 0 Å². The lowest BCUT2D eigenvalue weighted by Crippen LogP contribution is -2.46. The van der Waals surface area contributed by atoms with Crippen molar-refractivity contribution >= 4 is 23.7 Å². The maximum Gasteiger partial charge on any atom is 0.413 e. The maximum atomic E-state index is 13.1. The minimum absolute atomic E-state index is 0.0344. The smallest absolute Gasteiger partial charge is 0.413 e. The molecule has 1 amide bonds. The van der Waals surface area contributed by atoms with E-state index in [2.05, 4.69) is 15.5 Å². The summed E-state index contributed by atoms with van der Waals surface area (Å²) in [6, 6.07) is 4.71. The van der Waals surface area contributed by atoms with E-state index >= 15 is 0 Å². The molecule has 1 fully saturated rings. The zero-order valence-corrected chi connectivity index (χ0v) is 23.4. The first-order valence-corrected chi connectivity index (χ1v) is 13.0. The molecule has 0 spiro atoms. The summed E-state index contributed by atoms with van der Waals surface area (Å²) in [6.07, 6.45) is -0.945. The fourth-order valence-electron chi connectivity index (χ4n) is 4.57.